The number of piperidine rings is 1. The second-order valence-corrected chi connectivity index (χ2v) is 4.71. The Bertz CT molecular complexity index is 321. The number of methoxy groups -OCH3 is 1. The summed E-state index contributed by atoms with van der Waals surface area (Å²) in [5.41, 5.74) is 4.52. The maximum Gasteiger partial charge on any atom is 0.249 e. The number of nitrogens with one attached hydrogen (secondary N) is 1. The molecule has 1 atom stereocenters. The van der Waals surface area contributed by atoms with Crippen LogP contribution in [0.4, 0.5) is 0 Å². The second kappa shape index (κ2) is 10.6. The molecule has 0 aromatic heterocycles. The second-order valence-electron chi connectivity index (χ2n) is 4.71. The van der Waals surface area contributed by atoms with Gasteiger partial charge in [0.15, 0.2) is 0 Å². The largest absolute Gasteiger partial charge is 0.368 e. The SMILES string of the molecule is CC.COC1(C(N)=O)CCNCC1.C[C@@H]1C=NC=CC1. The third-order valence-corrected chi connectivity index (χ3v) is 3.29. The summed E-state index contributed by atoms with van der Waals surface area (Å²) in [4.78, 5) is 14.9. The van der Waals surface area contributed by atoms with E-state index in [1.807, 2.05) is 26.3 Å². The van der Waals surface area contributed by atoms with Gasteiger partial charge in [0, 0.05) is 19.5 Å². The lowest BCUT2D eigenvalue weighted by atomic mass is 9.91. The number of carbonyl (C=O) groups is 1. The summed E-state index contributed by atoms with van der Waals surface area (Å²) in [6, 6.07) is 0. The van der Waals surface area contributed by atoms with Crippen LogP contribution in [0.5, 0.6) is 0 Å². The van der Waals surface area contributed by atoms with Crippen LogP contribution in [-0.4, -0.2) is 37.9 Å². The highest BCUT2D eigenvalue weighted by Gasteiger charge is 2.37. The van der Waals surface area contributed by atoms with Gasteiger partial charge in [0.1, 0.15) is 5.60 Å². The minimum absolute atomic E-state index is 0.346. The highest BCUT2D eigenvalue weighted by molar-refractivity contribution is 5.83. The maximum atomic E-state index is 11.0. The van der Waals surface area contributed by atoms with E-state index in [0.29, 0.717) is 18.8 Å². The molecule has 5 nitrogen and oxygen atoms in total. The van der Waals surface area contributed by atoms with Gasteiger partial charge >= 0.3 is 0 Å². The molecule has 2 aliphatic rings. The van der Waals surface area contributed by atoms with Crippen LogP contribution in [0, 0.1) is 5.92 Å². The number of carbonyl (C=O) groups excluding carboxylic acids is 1. The highest BCUT2D eigenvalue weighted by atomic mass is 16.5. The molecule has 2 rings (SSSR count). The highest BCUT2D eigenvalue weighted by Crippen LogP contribution is 2.21. The van der Waals surface area contributed by atoms with Crippen LogP contribution in [0.25, 0.3) is 0 Å². The zero-order chi connectivity index (χ0) is 15.4. The number of hydrogen-bond acceptors (Lipinski definition) is 4. The third-order valence-electron chi connectivity index (χ3n) is 3.29. The number of hydrogen-bond donors (Lipinski definition) is 2. The average molecular weight is 283 g/mol. The lowest BCUT2D eigenvalue weighted by molar-refractivity contribution is -0.143. The number of nitrogens with two attached hydrogens (primary N) is 1. The lowest BCUT2D eigenvalue weighted by Gasteiger charge is -2.32. The molecule has 1 amide bonds. The zero-order valence-corrected chi connectivity index (χ0v) is 13.2. The number of nitrogens with zero attached hydrogens (tertiary/aromatic N) is 1. The van der Waals surface area contributed by atoms with Crippen molar-refractivity contribution in [1.29, 1.82) is 0 Å². The molecule has 20 heavy (non-hydrogen) atoms. The van der Waals surface area contributed by atoms with Crippen LogP contribution in [0.15, 0.2) is 17.3 Å². The zero-order valence-electron chi connectivity index (χ0n) is 13.2. The van der Waals surface area contributed by atoms with Crippen molar-refractivity contribution in [1.82, 2.24) is 5.32 Å². The Morgan fingerprint density at radius 2 is 2.00 bits per heavy atom. The summed E-state index contributed by atoms with van der Waals surface area (Å²) in [7, 11) is 1.54. The Balaban J connectivity index is 0.000000345. The van der Waals surface area contributed by atoms with Gasteiger partial charge in [0.05, 0.1) is 0 Å². The Kier molecular flexibility index (Phi) is 9.94. The fraction of sp³-hybridized carbons (Fsp3) is 0.733. The first-order valence-corrected chi connectivity index (χ1v) is 7.35. The van der Waals surface area contributed by atoms with Crippen molar-refractivity contribution in [2.45, 2.75) is 45.6 Å². The molecule has 2 aliphatic heterocycles. The van der Waals surface area contributed by atoms with Crippen molar-refractivity contribution in [2.75, 3.05) is 20.2 Å². The fourth-order valence-electron chi connectivity index (χ4n) is 1.98. The van der Waals surface area contributed by atoms with E-state index in [2.05, 4.69) is 23.3 Å². The number of rotatable bonds is 2. The Hall–Kier alpha value is -1.20. The molecule has 5 heteroatoms. The molecule has 0 aromatic carbocycles. The number of ether oxygens (including phenoxy) is 1. The van der Waals surface area contributed by atoms with Crippen LogP contribution in [0.2, 0.25) is 0 Å². The van der Waals surface area contributed by atoms with Crippen LogP contribution in [0.1, 0.15) is 40.0 Å². The lowest BCUT2D eigenvalue weighted by Crippen LogP contribution is -2.52. The van der Waals surface area contributed by atoms with E-state index in [1.54, 1.807) is 0 Å². The first kappa shape index (κ1) is 18.8. The van der Waals surface area contributed by atoms with E-state index in [4.69, 9.17) is 10.5 Å². The van der Waals surface area contributed by atoms with E-state index in [9.17, 15) is 4.79 Å². The minimum atomic E-state index is -0.703. The topological polar surface area (TPSA) is 76.7 Å². The van der Waals surface area contributed by atoms with Crippen molar-refractivity contribution < 1.29 is 9.53 Å². The molecule has 3 N–H and O–H groups in total. The molecule has 1 fully saturated rings. The minimum Gasteiger partial charge on any atom is -0.368 e. The molecule has 2 heterocycles. The van der Waals surface area contributed by atoms with Gasteiger partial charge in [0.25, 0.3) is 0 Å². The van der Waals surface area contributed by atoms with E-state index in [0.717, 1.165) is 19.5 Å². The van der Waals surface area contributed by atoms with Crippen molar-refractivity contribution in [3.05, 3.63) is 12.3 Å². The molecule has 116 valence electrons. The first-order chi connectivity index (χ1) is 9.60. The van der Waals surface area contributed by atoms with Crippen LogP contribution < -0.4 is 11.1 Å². The van der Waals surface area contributed by atoms with E-state index >= 15 is 0 Å². The van der Waals surface area contributed by atoms with Crippen molar-refractivity contribution in [2.24, 2.45) is 16.6 Å². The fourth-order valence-corrected chi connectivity index (χ4v) is 1.98. The summed E-state index contributed by atoms with van der Waals surface area (Å²) in [5.74, 6) is 0.312. The molecule has 0 unspecified atom stereocenters. The van der Waals surface area contributed by atoms with Crippen molar-refractivity contribution in [3.8, 4) is 0 Å². The summed E-state index contributed by atoms with van der Waals surface area (Å²) >= 11 is 0. The van der Waals surface area contributed by atoms with Crippen LogP contribution in [-0.2, 0) is 9.53 Å². The summed E-state index contributed by atoms with van der Waals surface area (Å²) in [6.45, 7) is 7.76. The number of allylic oxidation sites excluding steroid dienone is 1. The maximum absolute atomic E-state index is 11.0. The van der Waals surface area contributed by atoms with Gasteiger partial charge in [0.2, 0.25) is 5.91 Å². The standard InChI is InChI=1S/C7H14N2O2.C6H9N.C2H6/c1-11-7(6(8)10)2-4-9-5-3-7;1-6-3-2-4-7-5-6;1-2/h9H,2-5H2,1H3,(H2,8,10);2,4-6H,3H2,1H3;1-2H3/t;6-;/m.0./s1. The Labute approximate surface area is 122 Å². The van der Waals surface area contributed by atoms with Gasteiger partial charge in [-0.05, 0) is 38.3 Å². The summed E-state index contributed by atoms with van der Waals surface area (Å²) in [6.07, 6.45) is 8.42. The van der Waals surface area contributed by atoms with Crippen LogP contribution in [0.3, 0.4) is 0 Å². The van der Waals surface area contributed by atoms with Gasteiger partial charge in [-0.1, -0.05) is 26.8 Å². The number of aliphatic imine (C=N–C) groups is 1. The molecule has 1 saturated heterocycles. The molecular formula is C15H29N3O2. The molecule has 0 radical (unpaired) electrons. The molecule has 0 saturated carbocycles. The van der Waals surface area contributed by atoms with Gasteiger partial charge < -0.3 is 15.8 Å². The Morgan fingerprint density at radius 1 is 1.40 bits per heavy atom. The summed E-state index contributed by atoms with van der Waals surface area (Å²) in [5, 5.41) is 3.14. The van der Waals surface area contributed by atoms with Crippen molar-refractivity contribution >= 4 is 12.1 Å². The predicted octanol–water partition coefficient (Wildman–Crippen LogP) is 1.88. The smallest absolute Gasteiger partial charge is 0.249 e. The number of amides is 1. The quantitative estimate of drug-likeness (QED) is 0.812. The van der Waals surface area contributed by atoms with Crippen molar-refractivity contribution in [3.63, 3.8) is 0 Å². The monoisotopic (exact) mass is 283 g/mol. The predicted molar refractivity (Wildman–Crippen MR) is 83.8 cm³/mol. The molecule has 0 aliphatic carbocycles. The molecular weight excluding hydrogens is 254 g/mol. The third kappa shape index (κ3) is 6.30. The Morgan fingerprint density at radius 3 is 2.25 bits per heavy atom. The average Bonchev–Trinajstić information content (AvgIpc) is 2.51. The van der Waals surface area contributed by atoms with E-state index < -0.39 is 5.60 Å². The molecule has 0 aromatic rings. The molecule has 0 bridgehead atoms. The van der Waals surface area contributed by atoms with Crippen LogP contribution >= 0.6 is 0 Å². The normalized spacial score (nSPS) is 22.9. The van der Waals surface area contributed by atoms with Gasteiger partial charge in [-0.25, -0.2) is 0 Å². The summed E-state index contributed by atoms with van der Waals surface area (Å²) < 4.78 is 5.13. The van der Waals surface area contributed by atoms with E-state index in [-0.39, 0.29) is 5.91 Å². The van der Waals surface area contributed by atoms with E-state index in [1.165, 1.54) is 7.11 Å². The first-order valence-electron chi connectivity index (χ1n) is 7.35. The number of primary amides is 1. The molecule has 0 spiro atoms. The van der Waals surface area contributed by atoms with Gasteiger partial charge in [-0.3, -0.25) is 9.79 Å². The van der Waals surface area contributed by atoms with Gasteiger partial charge in [-0.15, -0.1) is 0 Å². The van der Waals surface area contributed by atoms with Gasteiger partial charge in [-0.2, -0.15) is 0 Å².